The van der Waals surface area contributed by atoms with Crippen LogP contribution in [-0.2, 0) is 21.4 Å². The van der Waals surface area contributed by atoms with Crippen molar-refractivity contribution < 1.29 is 13.2 Å². The number of nitrogens with one attached hydrogen (secondary N) is 1. The van der Waals surface area contributed by atoms with Crippen molar-refractivity contribution in [3.63, 3.8) is 0 Å². The van der Waals surface area contributed by atoms with Gasteiger partial charge in [-0.3, -0.25) is 4.79 Å². The Balaban J connectivity index is 1.59. The Kier molecular flexibility index (Phi) is 6.65. The zero-order valence-electron chi connectivity index (χ0n) is 15.5. The molecular formula is C20H22Cl2N2O3S. The van der Waals surface area contributed by atoms with Crippen molar-refractivity contribution >= 4 is 39.1 Å². The van der Waals surface area contributed by atoms with Gasteiger partial charge in [0.25, 0.3) is 0 Å². The first-order chi connectivity index (χ1) is 13.3. The molecule has 0 aromatic heterocycles. The quantitative estimate of drug-likeness (QED) is 0.762. The maximum Gasteiger partial charge on any atom is 0.243 e. The first kappa shape index (κ1) is 21.1. The maximum absolute atomic E-state index is 12.8. The Morgan fingerprint density at radius 3 is 2.32 bits per heavy atom. The number of carbonyl (C=O) groups excluding carboxylic acids is 1. The van der Waals surface area contributed by atoms with Gasteiger partial charge in [-0.25, -0.2) is 8.42 Å². The molecule has 0 aliphatic carbocycles. The molecule has 8 heteroatoms. The fraction of sp³-hybridized carbons (Fsp3) is 0.350. The van der Waals surface area contributed by atoms with E-state index in [0.717, 1.165) is 11.1 Å². The molecule has 2 aromatic rings. The zero-order chi connectivity index (χ0) is 20.3. The van der Waals surface area contributed by atoms with Gasteiger partial charge in [0.2, 0.25) is 15.9 Å². The second kappa shape index (κ2) is 8.82. The molecule has 1 aliphatic heterocycles. The van der Waals surface area contributed by atoms with Crippen molar-refractivity contribution in [3.05, 3.63) is 63.6 Å². The number of benzene rings is 2. The van der Waals surface area contributed by atoms with Gasteiger partial charge < -0.3 is 5.32 Å². The second-order valence-corrected chi connectivity index (χ2v) is 9.74. The molecule has 150 valence electrons. The van der Waals surface area contributed by atoms with E-state index in [4.69, 9.17) is 23.2 Å². The molecule has 3 rings (SSSR count). The zero-order valence-corrected chi connectivity index (χ0v) is 17.8. The number of hydrogen-bond donors (Lipinski definition) is 1. The Hall–Kier alpha value is -1.60. The molecule has 0 atom stereocenters. The highest BCUT2D eigenvalue weighted by Crippen LogP contribution is 2.28. The summed E-state index contributed by atoms with van der Waals surface area (Å²) in [6.45, 7) is 3.06. The van der Waals surface area contributed by atoms with Crippen LogP contribution in [0.4, 0.5) is 0 Å². The first-order valence-electron chi connectivity index (χ1n) is 9.06. The number of hydrogen-bond acceptors (Lipinski definition) is 3. The van der Waals surface area contributed by atoms with Crippen LogP contribution in [0, 0.1) is 12.8 Å². The number of aryl methyl sites for hydroxylation is 1. The standard InChI is InChI=1S/C20H22Cl2N2O3S/c1-14-4-2-3-5-16(14)13-23-20(25)15-6-8-24(9-7-15)28(26,27)19-11-17(21)10-18(22)12-19/h2-5,10-12,15H,6-9,13H2,1H3,(H,23,25). The van der Waals surface area contributed by atoms with E-state index in [-0.39, 0.29) is 39.9 Å². The number of halogens is 2. The van der Waals surface area contributed by atoms with Gasteiger partial charge in [-0.1, -0.05) is 47.5 Å². The van der Waals surface area contributed by atoms with E-state index in [9.17, 15) is 13.2 Å². The van der Waals surface area contributed by atoms with Crippen LogP contribution in [-0.4, -0.2) is 31.7 Å². The molecule has 1 heterocycles. The third kappa shape index (κ3) is 4.87. The van der Waals surface area contributed by atoms with Crippen LogP contribution in [0.25, 0.3) is 0 Å². The molecule has 0 bridgehead atoms. The lowest BCUT2D eigenvalue weighted by Gasteiger charge is -2.30. The van der Waals surface area contributed by atoms with Gasteiger partial charge in [0.05, 0.1) is 4.90 Å². The molecule has 1 fully saturated rings. The van der Waals surface area contributed by atoms with Gasteiger partial charge in [-0.2, -0.15) is 4.31 Å². The third-order valence-corrected chi connectivity index (χ3v) is 7.33. The highest BCUT2D eigenvalue weighted by molar-refractivity contribution is 7.89. The number of piperidine rings is 1. The maximum atomic E-state index is 12.8. The van der Waals surface area contributed by atoms with E-state index in [1.807, 2.05) is 31.2 Å². The van der Waals surface area contributed by atoms with Crippen molar-refractivity contribution in [2.24, 2.45) is 5.92 Å². The van der Waals surface area contributed by atoms with Crippen molar-refractivity contribution in [2.75, 3.05) is 13.1 Å². The Morgan fingerprint density at radius 1 is 1.11 bits per heavy atom. The molecule has 1 saturated heterocycles. The van der Waals surface area contributed by atoms with Crippen LogP contribution in [0.5, 0.6) is 0 Å². The number of sulfonamides is 1. The molecule has 0 unspecified atom stereocenters. The minimum absolute atomic E-state index is 0.0360. The first-order valence-corrected chi connectivity index (χ1v) is 11.3. The van der Waals surface area contributed by atoms with Crippen LogP contribution < -0.4 is 5.32 Å². The summed E-state index contributed by atoms with van der Waals surface area (Å²) in [5.41, 5.74) is 2.21. The van der Waals surface area contributed by atoms with Gasteiger partial charge in [0, 0.05) is 35.6 Å². The van der Waals surface area contributed by atoms with E-state index in [0.29, 0.717) is 19.4 Å². The SMILES string of the molecule is Cc1ccccc1CNC(=O)C1CCN(S(=O)(=O)c2cc(Cl)cc(Cl)c2)CC1. The number of carbonyl (C=O) groups is 1. The van der Waals surface area contributed by atoms with E-state index in [1.54, 1.807) is 0 Å². The highest BCUT2D eigenvalue weighted by Gasteiger charge is 2.32. The minimum atomic E-state index is -3.68. The monoisotopic (exact) mass is 440 g/mol. The molecule has 0 saturated carbocycles. The Morgan fingerprint density at radius 2 is 1.71 bits per heavy atom. The number of nitrogens with zero attached hydrogens (tertiary/aromatic N) is 1. The van der Waals surface area contributed by atoms with Gasteiger partial charge in [-0.05, 0) is 49.1 Å². The molecule has 28 heavy (non-hydrogen) atoms. The molecular weight excluding hydrogens is 419 g/mol. The highest BCUT2D eigenvalue weighted by atomic mass is 35.5. The van der Waals surface area contributed by atoms with Crippen LogP contribution in [0.3, 0.4) is 0 Å². The van der Waals surface area contributed by atoms with E-state index >= 15 is 0 Å². The third-order valence-electron chi connectivity index (χ3n) is 5.01. The lowest BCUT2D eigenvalue weighted by atomic mass is 9.97. The largest absolute Gasteiger partial charge is 0.352 e. The minimum Gasteiger partial charge on any atom is -0.352 e. The van der Waals surface area contributed by atoms with Crippen molar-refractivity contribution in [1.82, 2.24) is 9.62 Å². The molecule has 2 aromatic carbocycles. The molecule has 1 amide bonds. The summed E-state index contributed by atoms with van der Waals surface area (Å²) in [6.07, 6.45) is 0.959. The fourth-order valence-corrected chi connectivity index (χ4v) is 5.52. The summed E-state index contributed by atoms with van der Waals surface area (Å²) in [7, 11) is -3.68. The average Bonchev–Trinajstić information content (AvgIpc) is 2.66. The topological polar surface area (TPSA) is 66.5 Å². The lowest BCUT2D eigenvalue weighted by Crippen LogP contribution is -2.42. The molecule has 0 spiro atoms. The summed E-state index contributed by atoms with van der Waals surface area (Å²) >= 11 is 11.9. The van der Waals surface area contributed by atoms with E-state index in [1.165, 1.54) is 22.5 Å². The molecule has 0 radical (unpaired) electrons. The van der Waals surface area contributed by atoms with Crippen molar-refractivity contribution in [2.45, 2.75) is 31.2 Å². The fourth-order valence-electron chi connectivity index (χ4n) is 3.32. The number of rotatable bonds is 5. The van der Waals surface area contributed by atoms with Gasteiger partial charge in [0.1, 0.15) is 0 Å². The summed E-state index contributed by atoms with van der Waals surface area (Å²) in [5.74, 6) is -0.232. The van der Waals surface area contributed by atoms with Gasteiger partial charge in [-0.15, -0.1) is 0 Å². The van der Waals surface area contributed by atoms with Crippen LogP contribution in [0.2, 0.25) is 10.0 Å². The van der Waals surface area contributed by atoms with Crippen LogP contribution in [0.1, 0.15) is 24.0 Å². The Bertz CT molecular complexity index is 951. The van der Waals surface area contributed by atoms with E-state index in [2.05, 4.69) is 5.32 Å². The van der Waals surface area contributed by atoms with E-state index < -0.39 is 10.0 Å². The predicted octanol–water partition coefficient (Wildman–Crippen LogP) is 4.02. The van der Waals surface area contributed by atoms with Crippen LogP contribution in [0.15, 0.2) is 47.4 Å². The van der Waals surface area contributed by atoms with Crippen molar-refractivity contribution in [1.29, 1.82) is 0 Å². The second-order valence-electron chi connectivity index (χ2n) is 6.93. The summed E-state index contributed by atoms with van der Waals surface area (Å²) in [5, 5.41) is 3.52. The van der Waals surface area contributed by atoms with Crippen molar-refractivity contribution in [3.8, 4) is 0 Å². The summed E-state index contributed by atoms with van der Waals surface area (Å²) in [6, 6.07) is 12.2. The molecule has 1 N–H and O–H groups in total. The molecule has 1 aliphatic rings. The smallest absolute Gasteiger partial charge is 0.243 e. The predicted molar refractivity (Wildman–Crippen MR) is 111 cm³/mol. The lowest BCUT2D eigenvalue weighted by molar-refractivity contribution is -0.126. The van der Waals surface area contributed by atoms with Crippen LogP contribution >= 0.6 is 23.2 Å². The number of amides is 1. The summed E-state index contributed by atoms with van der Waals surface area (Å²) < 4.78 is 27.0. The van der Waals surface area contributed by atoms with Gasteiger partial charge >= 0.3 is 0 Å². The van der Waals surface area contributed by atoms with Gasteiger partial charge in [0.15, 0.2) is 0 Å². The normalized spacial score (nSPS) is 16.1. The summed E-state index contributed by atoms with van der Waals surface area (Å²) in [4.78, 5) is 12.6. The average molecular weight is 441 g/mol. The Labute approximate surface area is 175 Å². The molecule has 5 nitrogen and oxygen atoms in total.